The third-order valence-electron chi connectivity index (χ3n) is 3.83. The van der Waals surface area contributed by atoms with Crippen molar-refractivity contribution in [2.45, 2.75) is 44.8 Å². The molecule has 2 aliphatic heterocycles. The van der Waals surface area contributed by atoms with Crippen molar-refractivity contribution in [1.29, 1.82) is 0 Å². The van der Waals surface area contributed by atoms with Gasteiger partial charge in [-0.1, -0.05) is 18.6 Å². The Labute approximate surface area is 86.6 Å². The van der Waals surface area contributed by atoms with Crippen LogP contribution in [0.3, 0.4) is 0 Å². The second-order valence-corrected chi connectivity index (χ2v) is 4.83. The molecule has 3 atom stereocenters. The average Bonchev–Trinajstić information content (AvgIpc) is 2.18. The molecule has 1 N–H and O–H groups in total. The first-order valence-corrected chi connectivity index (χ1v) is 5.77. The van der Waals surface area contributed by atoms with Gasteiger partial charge in [-0.15, -0.1) is 0 Å². The standard InChI is InChI=1S/C12H21NO/c1-9(2)10-6-8-13-7-4-3-5-11(13)12(10)14/h10-12,14H,1,3-8H2,2H3/t10-,11+,12+/m1/s1. The summed E-state index contributed by atoms with van der Waals surface area (Å²) in [4.78, 5) is 2.47. The SMILES string of the molecule is C=C(C)[C@H]1CCN2CCCC[C@H]2[C@H]1O. The van der Waals surface area contributed by atoms with E-state index >= 15 is 0 Å². The fourth-order valence-corrected chi connectivity index (χ4v) is 2.96. The highest BCUT2D eigenvalue weighted by Crippen LogP contribution is 2.32. The van der Waals surface area contributed by atoms with Crippen LogP contribution >= 0.6 is 0 Å². The molecule has 0 saturated carbocycles. The lowest BCUT2D eigenvalue weighted by atomic mass is 9.80. The van der Waals surface area contributed by atoms with E-state index in [1.165, 1.54) is 25.8 Å². The maximum Gasteiger partial charge on any atom is 0.0760 e. The normalized spacial score (nSPS) is 39.1. The second kappa shape index (κ2) is 4.03. The van der Waals surface area contributed by atoms with Crippen molar-refractivity contribution < 1.29 is 5.11 Å². The molecule has 2 aliphatic rings. The van der Waals surface area contributed by atoms with Gasteiger partial charge in [0.15, 0.2) is 0 Å². The van der Waals surface area contributed by atoms with Gasteiger partial charge < -0.3 is 5.11 Å². The van der Waals surface area contributed by atoms with E-state index in [9.17, 15) is 5.11 Å². The van der Waals surface area contributed by atoms with Crippen LogP contribution in [0.5, 0.6) is 0 Å². The minimum Gasteiger partial charge on any atom is -0.391 e. The lowest BCUT2D eigenvalue weighted by Crippen LogP contribution is -2.54. The third kappa shape index (κ3) is 1.73. The highest BCUT2D eigenvalue weighted by atomic mass is 16.3. The minimum atomic E-state index is -0.165. The largest absolute Gasteiger partial charge is 0.391 e. The summed E-state index contributed by atoms with van der Waals surface area (Å²) in [6.07, 6.45) is 4.68. The molecule has 2 saturated heterocycles. The zero-order valence-corrected chi connectivity index (χ0v) is 9.08. The first-order chi connectivity index (χ1) is 6.70. The van der Waals surface area contributed by atoms with Crippen molar-refractivity contribution in [1.82, 2.24) is 4.90 Å². The number of aliphatic hydroxyl groups excluding tert-OH is 1. The second-order valence-electron chi connectivity index (χ2n) is 4.83. The smallest absolute Gasteiger partial charge is 0.0760 e. The van der Waals surface area contributed by atoms with Crippen LogP contribution in [0.15, 0.2) is 12.2 Å². The number of fused-ring (bicyclic) bond motifs is 1. The molecule has 0 unspecified atom stereocenters. The van der Waals surface area contributed by atoms with Crippen LogP contribution in [-0.2, 0) is 0 Å². The quantitative estimate of drug-likeness (QED) is 0.645. The predicted molar refractivity (Wildman–Crippen MR) is 58.1 cm³/mol. The van der Waals surface area contributed by atoms with Gasteiger partial charge in [0.25, 0.3) is 0 Å². The summed E-state index contributed by atoms with van der Waals surface area (Å²) >= 11 is 0. The van der Waals surface area contributed by atoms with Gasteiger partial charge in [-0.2, -0.15) is 0 Å². The zero-order chi connectivity index (χ0) is 10.1. The topological polar surface area (TPSA) is 23.5 Å². The van der Waals surface area contributed by atoms with Crippen molar-refractivity contribution in [2.24, 2.45) is 5.92 Å². The molecule has 0 aromatic carbocycles. The molecule has 0 radical (unpaired) electrons. The van der Waals surface area contributed by atoms with Crippen molar-refractivity contribution in [3.05, 3.63) is 12.2 Å². The number of nitrogens with zero attached hydrogens (tertiary/aromatic N) is 1. The Bertz CT molecular complexity index is 226. The van der Waals surface area contributed by atoms with Crippen molar-refractivity contribution >= 4 is 0 Å². The summed E-state index contributed by atoms with van der Waals surface area (Å²) in [5, 5.41) is 10.2. The Morgan fingerprint density at radius 1 is 1.29 bits per heavy atom. The van der Waals surface area contributed by atoms with E-state index in [2.05, 4.69) is 11.5 Å². The molecule has 2 rings (SSSR count). The zero-order valence-electron chi connectivity index (χ0n) is 9.08. The van der Waals surface area contributed by atoms with E-state index in [1.807, 2.05) is 6.92 Å². The van der Waals surface area contributed by atoms with Gasteiger partial charge in [0, 0.05) is 12.0 Å². The van der Waals surface area contributed by atoms with Gasteiger partial charge in [-0.25, -0.2) is 0 Å². The van der Waals surface area contributed by atoms with Gasteiger partial charge in [0.2, 0.25) is 0 Å². The van der Waals surface area contributed by atoms with E-state index in [0.29, 0.717) is 12.0 Å². The molecule has 0 aromatic rings. The molecule has 0 spiro atoms. The molecule has 2 nitrogen and oxygen atoms in total. The number of hydrogen-bond acceptors (Lipinski definition) is 2. The van der Waals surface area contributed by atoms with Crippen LogP contribution in [0, 0.1) is 5.92 Å². The predicted octanol–water partition coefficient (Wildman–Crippen LogP) is 1.80. The highest BCUT2D eigenvalue weighted by molar-refractivity contribution is 5.05. The first-order valence-electron chi connectivity index (χ1n) is 5.77. The van der Waals surface area contributed by atoms with Crippen molar-refractivity contribution in [3.8, 4) is 0 Å². The van der Waals surface area contributed by atoms with Crippen molar-refractivity contribution in [3.63, 3.8) is 0 Å². The van der Waals surface area contributed by atoms with Crippen LogP contribution < -0.4 is 0 Å². The molecule has 2 heterocycles. The maximum atomic E-state index is 10.2. The fraction of sp³-hybridized carbons (Fsp3) is 0.833. The minimum absolute atomic E-state index is 0.165. The van der Waals surface area contributed by atoms with Crippen LogP contribution in [0.25, 0.3) is 0 Å². The van der Waals surface area contributed by atoms with Crippen LogP contribution in [0.2, 0.25) is 0 Å². The number of piperidine rings is 2. The molecule has 0 amide bonds. The maximum absolute atomic E-state index is 10.2. The molecule has 80 valence electrons. The molecule has 14 heavy (non-hydrogen) atoms. The van der Waals surface area contributed by atoms with Crippen LogP contribution in [-0.4, -0.2) is 35.2 Å². The van der Waals surface area contributed by atoms with Gasteiger partial charge in [0.05, 0.1) is 6.10 Å². The highest BCUT2D eigenvalue weighted by Gasteiger charge is 2.37. The van der Waals surface area contributed by atoms with E-state index in [4.69, 9.17) is 0 Å². The summed E-state index contributed by atoms with van der Waals surface area (Å²) in [7, 11) is 0. The molecular formula is C12H21NO. The summed E-state index contributed by atoms with van der Waals surface area (Å²) < 4.78 is 0. The Morgan fingerprint density at radius 3 is 2.79 bits per heavy atom. The van der Waals surface area contributed by atoms with Crippen LogP contribution in [0.4, 0.5) is 0 Å². The monoisotopic (exact) mass is 195 g/mol. The van der Waals surface area contributed by atoms with E-state index in [-0.39, 0.29) is 6.10 Å². The summed E-state index contributed by atoms with van der Waals surface area (Å²) in [6.45, 7) is 8.37. The van der Waals surface area contributed by atoms with E-state index < -0.39 is 0 Å². The molecular weight excluding hydrogens is 174 g/mol. The van der Waals surface area contributed by atoms with Crippen molar-refractivity contribution in [2.75, 3.05) is 13.1 Å². The lowest BCUT2D eigenvalue weighted by molar-refractivity contribution is -0.0351. The molecule has 0 bridgehead atoms. The molecule has 0 aromatic heterocycles. The Hall–Kier alpha value is -0.340. The van der Waals surface area contributed by atoms with Gasteiger partial charge in [-0.05, 0) is 39.3 Å². The molecule has 2 fully saturated rings. The van der Waals surface area contributed by atoms with Gasteiger partial charge in [0.1, 0.15) is 0 Å². The number of rotatable bonds is 1. The van der Waals surface area contributed by atoms with E-state index in [1.54, 1.807) is 0 Å². The average molecular weight is 195 g/mol. The Morgan fingerprint density at radius 2 is 2.07 bits per heavy atom. The summed E-state index contributed by atoms with van der Waals surface area (Å²) in [6, 6.07) is 0.416. The molecule has 2 heteroatoms. The summed E-state index contributed by atoms with van der Waals surface area (Å²) in [5.41, 5.74) is 1.16. The Kier molecular flexibility index (Phi) is 2.93. The summed E-state index contributed by atoms with van der Waals surface area (Å²) in [5.74, 6) is 0.342. The molecule has 0 aliphatic carbocycles. The van der Waals surface area contributed by atoms with Gasteiger partial charge >= 0.3 is 0 Å². The fourth-order valence-electron chi connectivity index (χ4n) is 2.96. The third-order valence-corrected chi connectivity index (χ3v) is 3.83. The Balaban J connectivity index is 2.06. The number of aliphatic hydroxyl groups is 1. The number of hydrogen-bond donors (Lipinski definition) is 1. The van der Waals surface area contributed by atoms with E-state index in [0.717, 1.165) is 18.5 Å². The first kappa shape index (κ1) is 10.2. The lowest BCUT2D eigenvalue weighted by Gasteiger charge is -2.46. The van der Waals surface area contributed by atoms with Gasteiger partial charge in [-0.3, -0.25) is 4.90 Å². The van der Waals surface area contributed by atoms with Crippen LogP contribution in [0.1, 0.15) is 32.6 Å².